The van der Waals surface area contributed by atoms with Crippen LogP contribution in [0.15, 0.2) is 34.9 Å². The monoisotopic (exact) mass is 281 g/mol. The van der Waals surface area contributed by atoms with Crippen molar-refractivity contribution in [3.8, 4) is 5.75 Å². The summed E-state index contributed by atoms with van der Waals surface area (Å²) in [6, 6.07) is 6.01. The van der Waals surface area contributed by atoms with Gasteiger partial charge in [0.25, 0.3) is 0 Å². The predicted molar refractivity (Wildman–Crippen MR) is 71.4 cm³/mol. The van der Waals surface area contributed by atoms with E-state index in [2.05, 4.69) is 5.32 Å². The highest BCUT2D eigenvalue weighted by Gasteiger charge is 2.12. The quantitative estimate of drug-likeness (QED) is 0.878. The molecule has 0 unspecified atom stereocenters. The SMILES string of the molecule is CC(C)NCc1ccoc1COc1cccc(F)c1F. The molecule has 0 fully saturated rings. The lowest BCUT2D eigenvalue weighted by Gasteiger charge is -2.09. The number of nitrogens with one attached hydrogen (secondary N) is 1. The van der Waals surface area contributed by atoms with Crippen molar-refractivity contribution in [2.75, 3.05) is 0 Å². The smallest absolute Gasteiger partial charge is 0.200 e. The van der Waals surface area contributed by atoms with E-state index >= 15 is 0 Å². The van der Waals surface area contributed by atoms with E-state index in [1.807, 2.05) is 19.9 Å². The van der Waals surface area contributed by atoms with Gasteiger partial charge in [0.2, 0.25) is 5.82 Å². The largest absolute Gasteiger partial charge is 0.482 e. The van der Waals surface area contributed by atoms with E-state index < -0.39 is 11.6 Å². The van der Waals surface area contributed by atoms with Crippen molar-refractivity contribution >= 4 is 0 Å². The normalized spacial score (nSPS) is 11.1. The van der Waals surface area contributed by atoms with Gasteiger partial charge < -0.3 is 14.5 Å². The lowest BCUT2D eigenvalue weighted by Crippen LogP contribution is -2.22. The maximum Gasteiger partial charge on any atom is 0.200 e. The third-order valence-electron chi connectivity index (χ3n) is 2.81. The first-order valence-corrected chi connectivity index (χ1v) is 6.43. The molecule has 0 aliphatic rings. The number of rotatable bonds is 6. The summed E-state index contributed by atoms with van der Waals surface area (Å²) in [5.74, 6) is -1.43. The molecule has 0 amide bonds. The minimum Gasteiger partial charge on any atom is -0.482 e. The Morgan fingerprint density at radius 3 is 2.80 bits per heavy atom. The zero-order valence-corrected chi connectivity index (χ0v) is 11.5. The molecule has 1 heterocycles. The Balaban J connectivity index is 2.00. The summed E-state index contributed by atoms with van der Waals surface area (Å²) in [4.78, 5) is 0. The van der Waals surface area contributed by atoms with E-state index in [4.69, 9.17) is 9.15 Å². The van der Waals surface area contributed by atoms with Gasteiger partial charge in [0.15, 0.2) is 11.6 Å². The van der Waals surface area contributed by atoms with Gasteiger partial charge in [-0.15, -0.1) is 0 Å². The summed E-state index contributed by atoms with van der Waals surface area (Å²) in [5, 5.41) is 3.26. The van der Waals surface area contributed by atoms with E-state index in [1.54, 1.807) is 6.26 Å². The van der Waals surface area contributed by atoms with Gasteiger partial charge >= 0.3 is 0 Å². The van der Waals surface area contributed by atoms with Gasteiger partial charge in [0, 0.05) is 18.2 Å². The Morgan fingerprint density at radius 2 is 2.05 bits per heavy atom. The summed E-state index contributed by atoms with van der Waals surface area (Å²) >= 11 is 0. The molecule has 20 heavy (non-hydrogen) atoms. The number of ether oxygens (including phenoxy) is 1. The molecule has 0 atom stereocenters. The second kappa shape index (κ2) is 6.52. The summed E-state index contributed by atoms with van der Waals surface area (Å²) in [7, 11) is 0. The van der Waals surface area contributed by atoms with Crippen molar-refractivity contribution in [3.05, 3.63) is 53.5 Å². The number of halogens is 2. The van der Waals surface area contributed by atoms with Crippen LogP contribution in [0.4, 0.5) is 8.78 Å². The lowest BCUT2D eigenvalue weighted by molar-refractivity contribution is 0.253. The minimum absolute atomic E-state index is 0.0580. The van der Waals surface area contributed by atoms with E-state index in [0.717, 1.165) is 11.6 Å². The first kappa shape index (κ1) is 14.5. The summed E-state index contributed by atoms with van der Waals surface area (Å²) in [6.07, 6.45) is 1.55. The molecule has 0 saturated heterocycles. The number of furan rings is 1. The topological polar surface area (TPSA) is 34.4 Å². The predicted octanol–water partition coefficient (Wildman–Crippen LogP) is 3.63. The van der Waals surface area contributed by atoms with Crippen molar-refractivity contribution in [3.63, 3.8) is 0 Å². The molecular formula is C15H17F2NO2. The third-order valence-corrected chi connectivity index (χ3v) is 2.81. The average Bonchev–Trinajstić information content (AvgIpc) is 2.85. The first-order chi connectivity index (χ1) is 9.58. The molecule has 5 heteroatoms. The molecule has 0 aliphatic heterocycles. The highest BCUT2D eigenvalue weighted by Crippen LogP contribution is 2.21. The van der Waals surface area contributed by atoms with E-state index in [1.165, 1.54) is 12.1 Å². The van der Waals surface area contributed by atoms with Crippen LogP contribution in [0.25, 0.3) is 0 Å². The van der Waals surface area contributed by atoms with Gasteiger partial charge in [0.1, 0.15) is 12.4 Å². The molecule has 3 nitrogen and oxygen atoms in total. The number of hydrogen-bond donors (Lipinski definition) is 1. The van der Waals surface area contributed by atoms with Crippen molar-refractivity contribution in [2.24, 2.45) is 0 Å². The molecule has 1 N–H and O–H groups in total. The van der Waals surface area contributed by atoms with Crippen LogP contribution in [-0.2, 0) is 13.2 Å². The van der Waals surface area contributed by atoms with Crippen LogP contribution in [0.1, 0.15) is 25.2 Å². The van der Waals surface area contributed by atoms with Gasteiger partial charge in [-0.05, 0) is 18.2 Å². The van der Waals surface area contributed by atoms with Crippen molar-refractivity contribution in [1.82, 2.24) is 5.32 Å². The van der Waals surface area contributed by atoms with Crippen LogP contribution in [-0.4, -0.2) is 6.04 Å². The van der Waals surface area contributed by atoms with Crippen molar-refractivity contribution in [2.45, 2.75) is 33.0 Å². The molecule has 0 bridgehead atoms. The summed E-state index contributed by atoms with van der Waals surface area (Å²) in [5.41, 5.74) is 0.940. The average molecular weight is 281 g/mol. The zero-order chi connectivity index (χ0) is 14.5. The molecule has 2 aromatic rings. The fourth-order valence-electron chi connectivity index (χ4n) is 1.70. The second-order valence-corrected chi connectivity index (χ2v) is 4.75. The van der Waals surface area contributed by atoms with Crippen LogP contribution in [0, 0.1) is 11.6 Å². The highest BCUT2D eigenvalue weighted by atomic mass is 19.2. The molecular weight excluding hydrogens is 264 g/mol. The van der Waals surface area contributed by atoms with Crippen LogP contribution in [0.2, 0.25) is 0 Å². The number of benzene rings is 1. The van der Waals surface area contributed by atoms with Crippen molar-refractivity contribution in [1.29, 1.82) is 0 Å². The molecule has 2 rings (SSSR count). The Kier molecular flexibility index (Phi) is 4.74. The Morgan fingerprint density at radius 1 is 1.25 bits per heavy atom. The Labute approximate surface area is 116 Å². The van der Waals surface area contributed by atoms with Gasteiger partial charge in [-0.3, -0.25) is 0 Å². The molecule has 1 aromatic heterocycles. The summed E-state index contributed by atoms with van der Waals surface area (Å²) < 4.78 is 37.1. The number of hydrogen-bond acceptors (Lipinski definition) is 3. The fraction of sp³-hybridized carbons (Fsp3) is 0.333. The highest BCUT2D eigenvalue weighted by molar-refractivity contribution is 5.26. The lowest BCUT2D eigenvalue weighted by atomic mass is 10.2. The van der Waals surface area contributed by atoms with Crippen LogP contribution < -0.4 is 10.1 Å². The second-order valence-electron chi connectivity index (χ2n) is 4.75. The maximum atomic E-state index is 13.4. The van der Waals surface area contributed by atoms with Gasteiger partial charge in [-0.2, -0.15) is 4.39 Å². The van der Waals surface area contributed by atoms with Gasteiger partial charge in [0.05, 0.1) is 6.26 Å². The van der Waals surface area contributed by atoms with Gasteiger partial charge in [-0.25, -0.2) is 4.39 Å². The molecule has 0 saturated carbocycles. The third kappa shape index (κ3) is 3.57. The van der Waals surface area contributed by atoms with Crippen LogP contribution in [0.5, 0.6) is 5.75 Å². The van der Waals surface area contributed by atoms with Crippen LogP contribution >= 0.6 is 0 Å². The molecule has 108 valence electrons. The summed E-state index contributed by atoms with van der Waals surface area (Å²) in [6.45, 7) is 4.78. The maximum absolute atomic E-state index is 13.4. The molecule has 0 spiro atoms. The zero-order valence-electron chi connectivity index (χ0n) is 11.5. The van der Waals surface area contributed by atoms with E-state index in [9.17, 15) is 8.78 Å². The van der Waals surface area contributed by atoms with Crippen LogP contribution in [0.3, 0.4) is 0 Å². The standard InChI is InChI=1S/C15H17F2NO2/c1-10(2)18-8-11-6-7-19-14(11)9-20-13-5-3-4-12(16)15(13)17/h3-7,10,18H,8-9H2,1-2H3. The Hall–Kier alpha value is -1.88. The van der Waals surface area contributed by atoms with E-state index in [0.29, 0.717) is 18.3 Å². The Bertz CT molecular complexity index is 567. The minimum atomic E-state index is -0.985. The first-order valence-electron chi connectivity index (χ1n) is 6.43. The molecule has 0 radical (unpaired) electrons. The van der Waals surface area contributed by atoms with Gasteiger partial charge in [-0.1, -0.05) is 19.9 Å². The van der Waals surface area contributed by atoms with E-state index in [-0.39, 0.29) is 12.4 Å². The fourth-order valence-corrected chi connectivity index (χ4v) is 1.70. The van der Waals surface area contributed by atoms with Crippen molar-refractivity contribution < 1.29 is 17.9 Å². The molecule has 0 aliphatic carbocycles. The molecule has 1 aromatic carbocycles.